The van der Waals surface area contributed by atoms with E-state index in [0.29, 0.717) is 18.4 Å². The normalized spacial score (nSPS) is 23.0. The summed E-state index contributed by atoms with van der Waals surface area (Å²) >= 11 is 0. The van der Waals surface area contributed by atoms with Crippen LogP contribution >= 0.6 is 0 Å². The highest BCUT2D eigenvalue weighted by atomic mass is 19.1. The summed E-state index contributed by atoms with van der Waals surface area (Å²) in [5.41, 5.74) is 0.830. The number of hydrogen-bond donors (Lipinski definition) is 1. The molecule has 150 valence electrons. The Morgan fingerprint density at radius 3 is 2.41 bits per heavy atom. The van der Waals surface area contributed by atoms with E-state index in [1.807, 2.05) is 18.2 Å². The summed E-state index contributed by atoms with van der Waals surface area (Å²) in [5.74, 6) is -1.15. The second-order valence-electron chi connectivity index (χ2n) is 8.56. The number of anilines is 1. The lowest BCUT2D eigenvalue weighted by Gasteiger charge is -2.53. The molecule has 29 heavy (non-hydrogen) atoms. The fraction of sp³-hybridized carbons (Fsp3) is 0.417. The number of carbonyl (C=O) groups is 2. The van der Waals surface area contributed by atoms with Crippen LogP contribution in [-0.2, 0) is 4.79 Å². The number of carbonyl (C=O) groups excluding carboxylic acids is 2. The highest BCUT2D eigenvalue weighted by molar-refractivity contribution is 6.12. The molecule has 0 aromatic heterocycles. The molecule has 0 radical (unpaired) electrons. The SMILES string of the molecule is O=C(NC1CC1)C1c2ccccc2C(=O)N(c2ccccc2F)C12CCCCC2. The number of nitrogens with zero attached hydrogens (tertiary/aromatic N) is 1. The maximum absolute atomic E-state index is 14.9. The van der Waals surface area contributed by atoms with E-state index in [2.05, 4.69) is 5.32 Å². The van der Waals surface area contributed by atoms with Crippen LogP contribution in [0.3, 0.4) is 0 Å². The van der Waals surface area contributed by atoms with E-state index in [0.717, 1.165) is 37.7 Å². The van der Waals surface area contributed by atoms with Crippen molar-refractivity contribution < 1.29 is 14.0 Å². The number of fused-ring (bicyclic) bond motifs is 1. The minimum absolute atomic E-state index is 0.0318. The van der Waals surface area contributed by atoms with E-state index in [9.17, 15) is 14.0 Å². The standard InChI is InChI=1S/C24H25FN2O2/c25-19-10-4-5-11-20(19)27-23(29)18-9-3-2-8-17(18)21(22(28)26-16-12-13-16)24(27)14-6-1-7-15-24/h2-5,8-11,16,21H,1,6-7,12-15H2,(H,26,28). The van der Waals surface area contributed by atoms with Crippen LogP contribution in [0.25, 0.3) is 0 Å². The van der Waals surface area contributed by atoms with Crippen molar-refractivity contribution in [2.75, 3.05) is 4.90 Å². The molecule has 3 aliphatic rings. The van der Waals surface area contributed by atoms with Crippen molar-refractivity contribution in [3.05, 3.63) is 65.5 Å². The molecule has 4 nitrogen and oxygen atoms in total. The van der Waals surface area contributed by atoms with Crippen molar-refractivity contribution in [3.63, 3.8) is 0 Å². The van der Waals surface area contributed by atoms with Crippen LogP contribution in [0.5, 0.6) is 0 Å². The van der Waals surface area contributed by atoms with Crippen molar-refractivity contribution in [2.45, 2.75) is 62.4 Å². The Morgan fingerprint density at radius 1 is 1.00 bits per heavy atom. The first kappa shape index (κ1) is 18.3. The van der Waals surface area contributed by atoms with Gasteiger partial charge in [0.25, 0.3) is 5.91 Å². The molecule has 0 bridgehead atoms. The minimum atomic E-state index is -0.731. The van der Waals surface area contributed by atoms with E-state index in [4.69, 9.17) is 0 Å². The van der Waals surface area contributed by atoms with Crippen LogP contribution in [0, 0.1) is 5.82 Å². The van der Waals surface area contributed by atoms with E-state index in [1.54, 1.807) is 29.2 Å². The van der Waals surface area contributed by atoms with E-state index in [1.165, 1.54) is 6.07 Å². The van der Waals surface area contributed by atoms with Gasteiger partial charge in [0, 0.05) is 11.6 Å². The van der Waals surface area contributed by atoms with E-state index < -0.39 is 17.3 Å². The molecular formula is C24H25FN2O2. The Labute approximate surface area is 170 Å². The van der Waals surface area contributed by atoms with Crippen molar-refractivity contribution in [1.29, 1.82) is 0 Å². The highest BCUT2D eigenvalue weighted by Gasteiger charge is 2.56. The number of rotatable bonds is 3. The Morgan fingerprint density at radius 2 is 1.69 bits per heavy atom. The lowest BCUT2D eigenvalue weighted by Crippen LogP contribution is -2.63. The lowest BCUT2D eigenvalue weighted by molar-refractivity contribution is -0.124. The number of nitrogens with one attached hydrogen (secondary N) is 1. The summed E-state index contributed by atoms with van der Waals surface area (Å²) in [6.45, 7) is 0. The lowest BCUT2D eigenvalue weighted by atomic mass is 9.65. The molecule has 1 heterocycles. The van der Waals surface area contributed by atoms with Gasteiger partial charge in [-0.3, -0.25) is 14.5 Å². The van der Waals surface area contributed by atoms with Crippen LogP contribution in [0.2, 0.25) is 0 Å². The van der Waals surface area contributed by atoms with Crippen LogP contribution < -0.4 is 10.2 Å². The largest absolute Gasteiger partial charge is 0.353 e. The van der Waals surface area contributed by atoms with Gasteiger partial charge in [-0.15, -0.1) is 0 Å². The van der Waals surface area contributed by atoms with Crippen molar-refractivity contribution >= 4 is 17.5 Å². The first-order valence-electron chi connectivity index (χ1n) is 10.6. The summed E-state index contributed by atoms with van der Waals surface area (Å²) in [7, 11) is 0. The van der Waals surface area contributed by atoms with Crippen LogP contribution in [0.4, 0.5) is 10.1 Å². The predicted molar refractivity (Wildman–Crippen MR) is 109 cm³/mol. The quantitative estimate of drug-likeness (QED) is 0.833. The molecule has 2 aliphatic carbocycles. The minimum Gasteiger partial charge on any atom is -0.353 e. The summed E-state index contributed by atoms with van der Waals surface area (Å²) in [4.78, 5) is 28.8. The highest BCUT2D eigenvalue weighted by Crippen LogP contribution is 2.51. The number of para-hydroxylation sites is 1. The molecule has 2 aromatic rings. The van der Waals surface area contributed by atoms with Gasteiger partial charge in [0.05, 0.1) is 17.1 Å². The zero-order valence-corrected chi connectivity index (χ0v) is 16.4. The Hall–Kier alpha value is -2.69. The summed E-state index contributed by atoms with van der Waals surface area (Å²) in [6, 6.07) is 14.0. The first-order valence-corrected chi connectivity index (χ1v) is 10.6. The summed E-state index contributed by atoms with van der Waals surface area (Å²) < 4.78 is 14.9. The molecule has 2 fully saturated rings. The monoisotopic (exact) mass is 392 g/mol. The van der Waals surface area contributed by atoms with Gasteiger partial charge >= 0.3 is 0 Å². The molecule has 2 saturated carbocycles. The van der Waals surface area contributed by atoms with Crippen LogP contribution in [0.15, 0.2) is 48.5 Å². The summed E-state index contributed by atoms with van der Waals surface area (Å²) in [6.07, 6.45) is 6.32. The zero-order chi connectivity index (χ0) is 20.0. The van der Waals surface area contributed by atoms with Crippen LogP contribution in [0.1, 0.15) is 66.8 Å². The molecule has 1 atom stereocenters. The van der Waals surface area contributed by atoms with Gasteiger partial charge in [-0.25, -0.2) is 4.39 Å². The van der Waals surface area contributed by atoms with Gasteiger partial charge in [-0.05, 0) is 49.4 Å². The summed E-state index contributed by atoms with van der Waals surface area (Å²) in [5, 5.41) is 3.17. The maximum Gasteiger partial charge on any atom is 0.259 e. The van der Waals surface area contributed by atoms with Gasteiger partial charge in [0.2, 0.25) is 5.91 Å². The van der Waals surface area contributed by atoms with Crippen molar-refractivity contribution in [1.82, 2.24) is 5.32 Å². The molecule has 0 saturated heterocycles. The van der Waals surface area contributed by atoms with Gasteiger partial charge in [-0.2, -0.15) is 0 Å². The Balaban J connectivity index is 1.72. The van der Waals surface area contributed by atoms with Gasteiger partial charge in [0.15, 0.2) is 0 Å². The van der Waals surface area contributed by atoms with E-state index in [-0.39, 0.29) is 23.5 Å². The van der Waals surface area contributed by atoms with E-state index >= 15 is 0 Å². The number of amides is 2. The van der Waals surface area contributed by atoms with Gasteiger partial charge in [-0.1, -0.05) is 49.6 Å². The second kappa shape index (κ2) is 6.97. The van der Waals surface area contributed by atoms with Gasteiger partial charge in [0.1, 0.15) is 5.82 Å². The fourth-order valence-corrected chi connectivity index (χ4v) is 5.24. The zero-order valence-electron chi connectivity index (χ0n) is 16.4. The fourth-order valence-electron chi connectivity index (χ4n) is 5.24. The third-order valence-electron chi connectivity index (χ3n) is 6.69. The molecule has 1 N–H and O–H groups in total. The molecule has 2 amide bonds. The topological polar surface area (TPSA) is 49.4 Å². The Bertz CT molecular complexity index is 963. The van der Waals surface area contributed by atoms with Crippen molar-refractivity contribution in [3.8, 4) is 0 Å². The average molecular weight is 392 g/mol. The molecule has 5 rings (SSSR count). The molecule has 1 unspecified atom stereocenters. The smallest absolute Gasteiger partial charge is 0.259 e. The third kappa shape index (κ3) is 2.95. The van der Waals surface area contributed by atoms with Gasteiger partial charge < -0.3 is 5.32 Å². The molecular weight excluding hydrogens is 367 g/mol. The molecule has 1 aliphatic heterocycles. The Kier molecular flexibility index (Phi) is 4.41. The van der Waals surface area contributed by atoms with Crippen molar-refractivity contribution in [2.24, 2.45) is 0 Å². The van der Waals surface area contributed by atoms with Crippen LogP contribution in [-0.4, -0.2) is 23.4 Å². The number of benzene rings is 2. The first-order chi connectivity index (χ1) is 14.1. The average Bonchev–Trinajstić information content (AvgIpc) is 3.54. The number of halogens is 1. The second-order valence-corrected chi connectivity index (χ2v) is 8.56. The molecule has 2 aromatic carbocycles. The number of hydrogen-bond acceptors (Lipinski definition) is 2. The maximum atomic E-state index is 14.9. The molecule has 5 heteroatoms. The predicted octanol–water partition coefficient (Wildman–Crippen LogP) is 4.55. The third-order valence-corrected chi connectivity index (χ3v) is 6.69. The molecule has 1 spiro atoms.